The molecule has 13 heavy (non-hydrogen) atoms. The van der Waals surface area contributed by atoms with Gasteiger partial charge < -0.3 is 10.3 Å². The summed E-state index contributed by atoms with van der Waals surface area (Å²) >= 11 is 0. The molecule has 0 saturated heterocycles. The van der Waals surface area contributed by atoms with Crippen LogP contribution >= 0.6 is 0 Å². The highest BCUT2D eigenvalue weighted by Crippen LogP contribution is 2.10. The Labute approximate surface area is 77.0 Å². The van der Waals surface area contributed by atoms with E-state index < -0.39 is 0 Å². The molecule has 1 unspecified atom stereocenters. The van der Waals surface area contributed by atoms with Crippen LogP contribution in [0.25, 0.3) is 0 Å². The molecular formula is C9H13N2O2. The molecule has 0 saturated carbocycles. The molecule has 0 bridgehead atoms. The quantitative estimate of drug-likeness (QED) is 0.732. The maximum absolute atomic E-state index is 11.3. The van der Waals surface area contributed by atoms with Crippen molar-refractivity contribution in [2.45, 2.75) is 26.3 Å². The number of rotatable bonds is 3. The van der Waals surface area contributed by atoms with Gasteiger partial charge >= 0.3 is 0 Å². The van der Waals surface area contributed by atoms with E-state index in [0.717, 1.165) is 6.42 Å². The molecule has 1 aromatic heterocycles. The highest BCUT2D eigenvalue weighted by Gasteiger charge is 2.10. The number of aromatic amines is 1. The molecule has 71 valence electrons. The van der Waals surface area contributed by atoms with Gasteiger partial charge in [0, 0.05) is 18.3 Å². The second-order valence-electron chi connectivity index (χ2n) is 3.03. The molecule has 0 spiro atoms. The third kappa shape index (κ3) is 2.50. The van der Waals surface area contributed by atoms with Gasteiger partial charge in [-0.3, -0.25) is 9.90 Å². The third-order valence-electron chi connectivity index (χ3n) is 1.89. The fraction of sp³-hybridized carbons (Fsp3) is 0.444. The van der Waals surface area contributed by atoms with Crippen LogP contribution < -0.4 is 5.32 Å². The standard InChI is InChI=1S/C9H13N2O2/c1-3-6(2)11-9(13)8-4-7(12)5-10-8/h4-6,10H,3H2,1-2H3,(H,11,13). The Morgan fingerprint density at radius 2 is 2.38 bits per heavy atom. The van der Waals surface area contributed by atoms with Crippen molar-refractivity contribution in [2.24, 2.45) is 0 Å². The summed E-state index contributed by atoms with van der Waals surface area (Å²) in [5, 5.41) is 13.5. The zero-order valence-corrected chi connectivity index (χ0v) is 7.76. The number of aromatic nitrogens is 1. The molecule has 0 fully saturated rings. The van der Waals surface area contributed by atoms with Gasteiger partial charge in [0.1, 0.15) is 5.69 Å². The Morgan fingerprint density at radius 3 is 2.85 bits per heavy atom. The van der Waals surface area contributed by atoms with Crippen LogP contribution in [0.1, 0.15) is 30.8 Å². The monoisotopic (exact) mass is 181 g/mol. The van der Waals surface area contributed by atoms with Crippen LogP contribution in [0, 0.1) is 0 Å². The molecule has 4 heteroatoms. The predicted molar refractivity (Wildman–Crippen MR) is 48.1 cm³/mol. The summed E-state index contributed by atoms with van der Waals surface area (Å²) in [6.07, 6.45) is 2.14. The molecule has 1 rings (SSSR count). The number of carbonyl (C=O) groups excluding carboxylic acids is 1. The molecule has 2 N–H and O–H groups in total. The number of hydrogen-bond donors (Lipinski definition) is 2. The first-order valence-electron chi connectivity index (χ1n) is 4.29. The summed E-state index contributed by atoms with van der Waals surface area (Å²) in [6.45, 7) is 3.90. The molecule has 0 aromatic carbocycles. The van der Waals surface area contributed by atoms with E-state index in [2.05, 4.69) is 10.3 Å². The van der Waals surface area contributed by atoms with Gasteiger partial charge in [0.2, 0.25) is 0 Å². The first-order chi connectivity index (χ1) is 6.13. The molecule has 1 aromatic rings. The molecule has 0 aliphatic heterocycles. The highest BCUT2D eigenvalue weighted by atomic mass is 16.3. The smallest absolute Gasteiger partial charge is 0.268 e. The van der Waals surface area contributed by atoms with Gasteiger partial charge in [-0.25, -0.2) is 0 Å². The fourth-order valence-corrected chi connectivity index (χ4v) is 0.909. The van der Waals surface area contributed by atoms with Crippen molar-refractivity contribution < 1.29 is 9.90 Å². The van der Waals surface area contributed by atoms with E-state index in [1.54, 1.807) is 0 Å². The van der Waals surface area contributed by atoms with Crippen LogP contribution in [-0.4, -0.2) is 16.9 Å². The Balaban J connectivity index is 2.58. The van der Waals surface area contributed by atoms with Crippen molar-refractivity contribution >= 4 is 5.91 Å². The Bertz CT molecular complexity index is 294. The molecule has 1 heterocycles. The minimum Gasteiger partial charge on any atom is -0.354 e. The van der Waals surface area contributed by atoms with Crippen molar-refractivity contribution in [2.75, 3.05) is 0 Å². The lowest BCUT2D eigenvalue weighted by Gasteiger charge is -2.09. The van der Waals surface area contributed by atoms with Gasteiger partial charge in [-0.15, -0.1) is 0 Å². The van der Waals surface area contributed by atoms with E-state index in [4.69, 9.17) is 0 Å². The van der Waals surface area contributed by atoms with Crippen molar-refractivity contribution in [3.8, 4) is 5.75 Å². The third-order valence-corrected chi connectivity index (χ3v) is 1.89. The Morgan fingerprint density at radius 1 is 1.69 bits per heavy atom. The second-order valence-corrected chi connectivity index (χ2v) is 3.03. The summed E-state index contributed by atoms with van der Waals surface area (Å²) in [5.74, 6) is -0.397. The molecule has 0 aliphatic rings. The summed E-state index contributed by atoms with van der Waals surface area (Å²) in [7, 11) is 0. The van der Waals surface area contributed by atoms with Crippen molar-refractivity contribution in [1.29, 1.82) is 0 Å². The molecule has 0 aliphatic carbocycles. The molecular weight excluding hydrogens is 168 g/mol. The number of hydrogen-bond acceptors (Lipinski definition) is 1. The first kappa shape index (κ1) is 9.64. The lowest BCUT2D eigenvalue weighted by molar-refractivity contribution is 0.0934. The van der Waals surface area contributed by atoms with Gasteiger partial charge in [0.15, 0.2) is 5.75 Å². The largest absolute Gasteiger partial charge is 0.354 e. The van der Waals surface area contributed by atoms with Crippen LogP contribution in [0.4, 0.5) is 0 Å². The van der Waals surface area contributed by atoms with E-state index >= 15 is 0 Å². The average Bonchev–Trinajstić information content (AvgIpc) is 2.51. The minimum absolute atomic E-state index is 0.130. The van der Waals surface area contributed by atoms with Crippen molar-refractivity contribution in [1.82, 2.24) is 10.3 Å². The lowest BCUT2D eigenvalue weighted by Crippen LogP contribution is -2.32. The van der Waals surface area contributed by atoms with Gasteiger partial charge in [0.25, 0.3) is 5.91 Å². The van der Waals surface area contributed by atoms with E-state index in [-0.39, 0.29) is 17.7 Å². The second kappa shape index (κ2) is 3.98. The van der Waals surface area contributed by atoms with Gasteiger partial charge in [-0.05, 0) is 13.3 Å². The molecule has 1 atom stereocenters. The summed E-state index contributed by atoms with van der Waals surface area (Å²) in [5.41, 5.74) is 0.324. The minimum atomic E-state index is -0.226. The van der Waals surface area contributed by atoms with Gasteiger partial charge in [0.05, 0.1) is 0 Å². The Hall–Kier alpha value is -1.45. The number of nitrogens with one attached hydrogen (secondary N) is 2. The maximum atomic E-state index is 11.3. The summed E-state index contributed by atoms with van der Waals surface area (Å²) < 4.78 is 0. The zero-order valence-electron chi connectivity index (χ0n) is 7.76. The Kier molecular flexibility index (Phi) is 2.95. The lowest BCUT2D eigenvalue weighted by atomic mass is 10.2. The van der Waals surface area contributed by atoms with Crippen LogP contribution in [0.15, 0.2) is 12.3 Å². The van der Waals surface area contributed by atoms with Crippen LogP contribution in [0.3, 0.4) is 0 Å². The molecule has 4 nitrogen and oxygen atoms in total. The number of amides is 1. The summed E-state index contributed by atoms with van der Waals surface area (Å²) in [6, 6.07) is 1.42. The van der Waals surface area contributed by atoms with Crippen LogP contribution in [0.2, 0.25) is 0 Å². The van der Waals surface area contributed by atoms with E-state index in [1.807, 2.05) is 13.8 Å². The van der Waals surface area contributed by atoms with Gasteiger partial charge in [-0.1, -0.05) is 6.92 Å². The SMILES string of the molecule is CCC(C)NC(=O)c1cc([O])c[nH]1. The molecule has 1 radical (unpaired) electrons. The predicted octanol–water partition coefficient (Wildman–Crippen LogP) is 1.69. The summed E-state index contributed by atoms with van der Waals surface area (Å²) in [4.78, 5) is 14.0. The maximum Gasteiger partial charge on any atom is 0.268 e. The van der Waals surface area contributed by atoms with E-state index in [1.165, 1.54) is 12.3 Å². The highest BCUT2D eigenvalue weighted by molar-refractivity contribution is 5.92. The zero-order chi connectivity index (χ0) is 9.84. The van der Waals surface area contributed by atoms with E-state index in [0.29, 0.717) is 5.69 Å². The normalized spacial score (nSPS) is 12.5. The molecule has 1 amide bonds. The van der Waals surface area contributed by atoms with Gasteiger partial charge in [-0.2, -0.15) is 0 Å². The van der Waals surface area contributed by atoms with E-state index in [9.17, 15) is 9.90 Å². The average molecular weight is 181 g/mol. The van der Waals surface area contributed by atoms with Crippen LogP contribution in [-0.2, 0) is 5.11 Å². The fourth-order valence-electron chi connectivity index (χ4n) is 0.909. The van der Waals surface area contributed by atoms with Crippen molar-refractivity contribution in [3.63, 3.8) is 0 Å². The first-order valence-corrected chi connectivity index (χ1v) is 4.29. The van der Waals surface area contributed by atoms with Crippen LogP contribution in [0.5, 0.6) is 5.75 Å². The number of H-pyrrole nitrogens is 1. The number of carbonyl (C=O) groups is 1. The topological polar surface area (TPSA) is 64.8 Å². The van der Waals surface area contributed by atoms with Crippen molar-refractivity contribution in [3.05, 3.63) is 18.0 Å².